The summed E-state index contributed by atoms with van der Waals surface area (Å²) < 4.78 is 9.28. The molecule has 0 saturated heterocycles. The number of rotatable bonds is 3. The van der Waals surface area contributed by atoms with Crippen LogP contribution in [0.1, 0.15) is 31.3 Å². The zero-order valence-corrected chi connectivity index (χ0v) is 9.23. The first-order valence-electron chi connectivity index (χ1n) is 4.68. The minimum absolute atomic E-state index is 0.196. The lowest BCUT2D eigenvalue weighted by Gasteiger charge is -2.02. The summed E-state index contributed by atoms with van der Waals surface area (Å²) in [6, 6.07) is 3.27. The van der Waals surface area contributed by atoms with Gasteiger partial charge in [0.05, 0.1) is 12.9 Å². The summed E-state index contributed by atoms with van der Waals surface area (Å²) in [6.07, 6.45) is 2.13. The maximum atomic E-state index is 10.1. The van der Waals surface area contributed by atoms with Crippen LogP contribution >= 0.6 is 0 Å². The van der Waals surface area contributed by atoms with Crippen LogP contribution in [0.5, 0.6) is 0 Å². The first-order valence-corrected chi connectivity index (χ1v) is 4.68. The molecule has 0 aliphatic carbocycles. The molecule has 0 amide bonds. The van der Waals surface area contributed by atoms with Crippen LogP contribution in [-0.2, 0) is 9.53 Å². The predicted octanol–water partition coefficient (Wildman–Crippen LogP) is 2.30. The van der Waals surface area contributed by atoms with Crippen molar-refractivity contribution in [3.05, 3.63) is 24.2 Å². The summed E-state index contributed by atoms with van der Waals surface area (Å²) in [5, 5.41) is 0. The zero-order chi connectivity index (χ0) is 11.7. The van der Waals surface area contributed by atoms with E-state index >= 15 is 0 Å². The van der Waals surface area contributed by atoms with Crippen LogP contribution in [0.15, 0.2) is 22.8 Å². The van der Waals surface area contributed by atoms with Gasteiger partial charge in [0.15, 0.2) is 12.0 Å². The van der Waals surface area contributed by atoms with Gasteiger partial charge in [0.25, 0.3) is 0 Å². The summed E-state index contributed by atoms with van der Waals surface area (Å²) in [6.45, 7) is 5.96. The third kappa shape index (κ3) is 8.74. The molecule has 1 heterocycles. The molecule has 4 nitrogen and oxygen atoms in total. The standard InChI is InChI=1S/C6H12O2.C5H4O2/c1-5(2)4-8-6(3)7;6-4-5-2-1-3-7-5/h5H,4H2,1-3H3;1-4H. The fourth-order valence-electron chi connectivity index (χ4n) is 0.642. The van der Waals surface area contributed by atoms with E-state index in [9.17, 15) is 9.59 Å². The Labute approximate surface area is 89.2 Å². The molecule has 0 bridgehead atoms. The van der Waals surface area contributed by atoms with Crippen LogP contribution in [0, 0.1) is 5.92 Å². The highest BCUT2D eigenvalue weighted by Gasteiger charge is 1.94. The SMILES string of the molecule is CC(=O)OCC(C)C.O=Cc1ccco1. The number of hydrogen-bond donors (Lipinski definition) is 0. The second-order valence-electron chi connectivity index (χ2n) is 3.33. The average Bonchev–Trinajstić information content (AvgIpc) is 2.68. The van der Waals surface area contributed by atoms with E-state index in [0.29, 0.717) is 24.6 Å². The fraction of sp³-hybridized carbons (Fsp3) is 0.455. The quantitative estimate of drug-likeness (QED) is 0.569. The summed E-state index contributed by atoms with van der Waals surface area (Å²) in [5.41, 5.74) is 0. The number of hydrogen-bond acceptors (Lipinski definition) is 4. The largest absolute Gasteiger partial charge is 0.466 e. The molecule has 0 N–H and O–H groups in total. The Morgan fingerprint density at radius 3 is 2.47 bits per heavy atom. The van der Waals surface area contributed by atoms with Gasteiger partial charge < -0.3 is 9.15 Å². The van der Waals surface area contributed by atoms with Crippen molar-refractivity contribution < 1.29 is 18.7 Å². The van der Waals surface area contributed by atoms with Crippen molar-refractivity contribution in [2.75, 3.05) is 6.61 Å². The van der Waals surface area contributed by atoms with E-state index in [-0.39, 0.29) is 5.97 Å². The van der Waals surface area contributed by atoms with Gasteiger partial charge in [-0.2, -0.15) is 0 Å². The van der Waals surface area contributed by atoms with Crippen LogP contribution in [-0.4, -0.2) is 18.9 Å². The predicted molar refractivity (Wildman–Crippen MR) is 55.6 cm³/mol. The number of furan rings is 1. The molecular formula is C11H16O4. The van der Waals surface area contributed by atoms with Crippen LogP contribution in [0.4, 0.5) is 0 Å². The summed E-state index contributed by atoms with van der Waals surface area (Å²) >= 11 is 0. The molecule has 84 valence electrons. The minimum atomic E-state index is -0.196. The highest BCUT2D eigenvalue weighted by molar-refractivity contribution is 5.69. The minimum Gasteiger partial charge on any atom is -0.466 e. The van der Waals surface area contributed by atoms with Crippen molar-refractivity contribution in [2.45, 2.75) is 20.8 Å². The molecule has 0 aliphatic heterocycles. The monoisotopic (exact) mass is 212 g/mol. The number of ether oxygens (including phenoxy) is 1. The Kier molecular flexibility index (Phi) is 6.97. The Balaban J connectivity index is 0.000000262. The number of esters is 1. The number of aldehydes is 1. The van der Waals surface area contributed by atoms with Crippen molar-refractivity contribution in [1.29, 1.82) is 0 Å². The van der Waals surface area contributed by atoms with E-state index in [4.69, 9.17) is 0 Å². The lowest BCUT2D eigenvalue weighted by atomic mass is 10.2. The molecule has 0 atom stereocenters. The molecular weight excluding hydrogens is 196 g/mol. The number of carbonyl (C=O) groups is 2. The van der Waals surface area contributed by atoms with Crippen molar-refractivity contribution in [3.63, 3.8) is 0 Å². The average molecular weight is 212 g/mol. The highest BCUT2D eigenvalue weighted by Crippen LogP contribution is 1.92. The molecule has 1 aromatic heterocycles. The summed E-state index contributed by atoms with van der Waals surface area (Å²) in [7, 11) is 0. The smallest absolute Gasteiger partial charge is 0.302 e. The van der Waals surface area contributed by atoms with E-state index in [1.165, 1.54) is 13.2 Å². The Hall–Kier alpha value is -1.58. The molecule has 0 radical (unpaired) electrons. The van der Waals surface area contributed by atoms with E-state index in [2.05, 4.69) is 9.15 Å². The molecule has 0 spiro atoms. The molecule has 0 unspecified atom stereocenters. The Morgan fingerprint density at radius 1 is 1.60 bits per heavy atom. The summed E-state index contributed by atoms with van der Waals surface area (Å²) in [5.74, 6) is 0.623. The van der Waals surface area contributed by atoms with Crippen molar-refractivity contribution in [2.24, 2.45) is 5.92 Å². The first-order chi connectivity index (χ1) is 7.06. The van der Waals surface area contributed by atoms with Gasteiger partial charge in [0, 0.05) is 6.92 Å². The molecule has 0 saturated carbocycles. The van der Waals surface area contributed by atoms with Crippen molar-refractivity contribution >= 4 is 12.3 Å². The second kappa shape index (κ2) is 7.79. The highest BCUT2D eigenvalue weighted by atomic mass is 16.5. The zero-order valence-electron chi connectivity index (χ0n) is 9.23. The lowest BCUT2D eigenvalue weighted by Crippen LogP contribution is -2.05. The molecule has 1 aromatic rings. The molecule has 4 heteroatoms. The van der Waals surface area contributed by atoms with Gasteiger partial charge in [-0.05, 0) is 18.1 Å². The van der Waals surface area contributed by atoms with Crippen LogP contribution in [0.2, 0.25) is 0 Å². The lowest BCUT2D eigenvalue weighted by molar-refractivity contribution is -0.141. The molecule has 0 aromatic carbocycles. The van der Waals surface area contributed by atoms with Gasteiger partial charge >= 0.3 is 5.97 Å². The third-order valence-corrected chi connectivity index (χ3v) is 1.28. The molecule has 0 fully saturated rings. The van der Waals surface area contributed by atoms with Crippen LogP contribution in [0.3, 0.4) is 0 Å². The van der Waals surface area contributed by atoms with Crippen molar-refractivity contribution in [3.8, 4) is 0 Å². The maximum absolute atomic E-state index is 10.1. The fourth-order valence-corrected chi connectivity index (χ4v) is 0.642. The van der Waals surface area contributed by atoms with Gasteiger partial charge in [-0.15, -0.1) is 0 Å². The Bertz CT molecular complexity index is 275. The van der Waals surface area contributed by atoms with Gasteiger partial charge in [-0.3, -0.25) is 9.59 Å². The van der Waals surface area contributed by atoms with Crippen LogP contribution < -0.4 is 0 Å². The van der Waals surface area contributed by atoms with Crippen LogP contribution in [0.25, 0.3) is 0 Å². The van der Waals surface area contributed by atoms with Gasteiger partial charge in [-0.1, -0.05) is 13.8 Å². The van der Waals surface area contributed by atoms with E-state index in [0.717, 1.165) is 0 Å². The topological polar surface area (TPSA) is 56.5 Å². The normalized spacial score (nSPS) is 9.07. The van der Waals surface area contributed by atoms with Gasteiger partial charge in [0.1, 0.15) is 0 Å². The molecule has 1 rings (SSSR count). The van der Waals surface area contributed by atoms with Crippen molar-refractivity contribution in [1.82, 2.24) is 0 Å². The van der Waals surface area contributed by atoms with E-state index < -0.39 is 0 Å². The summed E-state index contributed by atoms with van der Waals surface area (Å²) in [4.78, 5) is 19.9. The maximum Gasteiger partial charge on any atom is 0.302 e. The van der Waals surface area contributed by atoms with Gasteiger partial charge in [0.2, 0.25) is 0 Å². The van der Waals surface area contributed by atoms with Gasteiger partial charge in [-0.25, -0.2) is 0 Å². The first kappa shape index (κ1) is 13.4. The van der Waals surface area contributed by atoms with E-state index in [1.54, 1.807) is 12.1 Å². The number of carbonyl (C=O) groups excluding carboxylic acids is 2. The molecule has 15 heavy (non-hydrogen) atoms. The second-order valence-corrected chi connectivity index (χ2v) is 3.33. The van der Waals surface area contributed by atoms with E-state index in [1.807, 2.05) is 13.8 Å². The molecule has 0 aliphatic rings. The Morgan fingerprint density at radius 2 is 2.27 bits per heavy atom. The third-order valence-electron chi connectivity index (χ3n) is 1.28.